The summed E-state index contributed by atoms with van der Waals surface area (Å²) in [6.45, 7) is 4.36. The van der Waals surface area contributed by atoms with Gasteiger partial charge in [-0.05, 0) is 36.0 Å². The van der Waals surface area contributed by atoms with Crippen LogP contribution in [0.4, 0.5) is 0 Å². The predicted octanol–water partition coefficient (Wildman–Crippen LogP) is 3.12. The van der Waals surface area contributed by atoms with Gasteiger partial charge in [0, 0.05) is 6.42 Å². The summed E-state index contributed by atoms with van der Waals surface area (Å²) in [5.41, 5.74) is 0.416. The number of aliphatic hydroxyl groups is 1. The molecule has 3 unspecified atom stereocenters. The Hall–Kier alpha value is -1.02. The molecule has 0 spiro atoms. The fourth-order valence-electron chi connectivity index (χ4n) is 3.01. The van der Waals surface area contributed by atoms with E-state index in [2.05, 4.69) is 13.8 Å². The smallest absolute Gasteiger partial charge is 0.115 e. The van der Waals surface area contributed by atoms with Crippen LogP contribution in [0.15, 0.2) is 24.3 Å². The fraction of sp³-hybridized carbons (Fsp3) is 0.600. The number of hydrogen-bond donors (Lipinski definition) is 2. The molecule has 1 saturated carbocycles. The van der Waals surface area contributed by atoms with Gasteiger partial charge in [-0.25, -0.2) is 0 Å². The van der Waals surface area contributed by atoms with E-state index in [4.69, 9.17) is 0 Å². The van der Waals surface area contributed by atoms with Gasteiger partial charge in [0.25, 0.3) is 0 Å². The third-order valence-electron chi connectivity index (χ3n) is 4.39. The average Bonchev–Trinajstić information content (AvgIpc) is 2.26. The highest BCUT2D eigenvalue weighted by molar-refractivity contribution is 5.28. The molecule has 1 aliphatic rings. The van der Waals surface area contributed by atoms with Crippen molar-refractivity contribution in [2.24, 2.45) is 11.8 Å². The molecular formula is C15H22O2. The molecule has 94 valence electrons. The third-order valence-corrected chi connectivity index (χ3v) is 4.39. The van der Waals surface area contributed by atoms with E-state index in [0.29, 0.717) is 18.3 Å². The molecule has 0 radical (unpaired) electrons. The van der Waals surface area contributed by atoms with E-state index in [9.17, 15) is 10.2 Å². The van der Waals surface area contributed by atoms with E-state index in [1.165, 1.54) is 6.42 Å². The van der Waals surface area contributed by atoms with Crippen molar-refractivity contribution in [2.45, 2.75) is 45.1 Å². The number of benzene rings is 1. The Labute approximate surface area is 103 Å². The van der Waals surface area contributed by atoms with E-state index in [1.807, 2.05) is 12.1 Å². The van der Waals surface area contributed by atoms with Crippen LogP contribution in [0.25, 0.3) is 0 Å². The molecule has 0 heterocycles. The van der Waals surface area contributed by atoms with Crippen molar-refractivity contribution in [1.29, 1.82) is 0 Å². The average molecular weight is 234 g/mol. The zero-order chi connectivity index (χ0) is 12.5. The van der Waals surface area contributed by atoms with Crippen molar-refractivity contribution >= 4 is 0 Å². The first-order valence-electron chi connectivity index (χ1n) is 6.51. The van der Waals surface area contributed by atoms with Gasteiger partial charge in [-0.15, -0.1) is 0 Å². The molecule has 2 nitrogen and oxygen atoms in total. The Morgan fingerprint density at radius 2 is 2.12 bits per heavy atom. The van der Waals surface area contributed by atoms with E-state index < -0.39 is 5.60 Å². The second kappa shape index (κ2) is 4.69. The first-order valence-corrected chi connectivity index (χ1v) is 6.51. The molecule has 2 heteroatoms. The second-order valence-electron chi connectivity index (χ2n) is 5.61. The van der Waals surface area contributed by atoms with Crippen molar-refractivity contribution in [3.8, 4) is 5.75 Å². The zero-order valence-corrected chi connectivity index (χ0v) is 10.7. The van der Waals surface area contributed by atoms with Crippen LogP contribution in [0.1, 0.15) is 38.7 Å². The van der Waals surface area contributed by atoms with Crippen LogP contribution in [-0.4, -0.2) is 15.8 Å². The molecular weight excluding hydrogens is 212 g/mol. The maximum absolute atomic E-state index is 10.8. The minimum absolute atomic E-state index is 0.280. The van der Waals surface area contributed by atoms with E-state index in [0.717, 1.165) is 18.4 Å². The summed E-state index contributed by atoms with van der Waals surface area (Å²) in [5, 5.41) is 20.2. The van der Waals surface area contributed by atoms with Gasteiger partial charge in [-0.1, -0.05) is 38.8 Å². The molecule has 2 N–H and O–H groups in total. The molecule has 0 saturated heterocycles. The molecule has 0 aromatic heterocycles. The standard InChI is InChI=1S/C15H22O2/c1-11-5-4-8-15(17,12(11)2)10-13-6-3-7-14(16)9-13/h3,6-7,9,11-12,16-17H,4-5,8,10H2,1-2H3. The highest BCUT2D eigenvalue weighted by Crippen LogP contribution is 2.39. The lowest BCUT2D eigenvalue weighted by molar-refractivity contribution is -0.0621. The summed E-state index contributed by atoms with van der Waals surface area (Å²) < 4.78 is 0. The lowest BCUT2D eigenvalue weighted by atomic mass is 9.68. The Balaban J connectivity index is 2.16. The van der Waals surface area contributed by atoms with Crippen molar-refractivity contribution in [2.75, 3.05) is 0 Å². The summed E-state index contributed by atoms with van der Waals surface area (Å²) in [4.78, 5) is 0. The van der Waals surface area contributed by atoms with E-state index >= 15 is 0 Å². The minimum atomic E-state index is -0.606. The van der Waals surface area contributed by atoms with Crippen molar-refractivity contribution < 1.29 is 10.2 Å². The van der Waals surface area contributed by atoms with Crippen molar-refractivity contribution in [3.63, 3.8) is 0 Å². The molecule has 1 aromatic carbocycles. The van der Waals surface area contributed by atoms with Crippen LogP contribution < -0.4 is 0 Å². The Bertz CT molecular complexity index is 388. The van der Waals surface area contributed by atoms with Crippen LogP contribution in [0, 0.1) is 11.8 Å². The normalized spacial score (nSPS) is 33.6. The monoisotopic (exact) mass is 234 g/mol. The van der Waals surface area contributed by atoms with Gasteiger partial charge in [0.1, 0.15) is 5.75 Å². The summed E-state index contributed by atoms with van der Waals surface area (Å²) in [6, 6.07) is 7.24. The van der Waals surface area contributed by atoms with E-state index in [1.54, 1.807) is 12.1 Å². The fourth-order valence-corrected chi connectivity index (χ4v) is 3.01. The van der Waals surface area contributed by atoms with Crippen molar-refractivity contribution in [1.82, 2.24) is 0 Å². The van der Waals surface area contributed by atoms with Crippen LogP contribution >= 0.6 is 0 Å². The first kappa shape index (κ1) is 12.4. The molecule has 1 fully saturated rings. The summed E-state index contributed by atoms with van der Waals surface area (Å²) >= 11 is 0. The highest BCUT2D eigenvalue weighted by atomic mass is 16.3. The Morgan fingerprint density at radius 3 is 2.82 bits per heavy atom. The Kier molecular flexibility index (Phi) is 3.43. The van der Waals surface area contributed by atoms with Gasteiger partial charge < -0.3 is 10.2 Å². The number of phenols is 1. The van der Waals surface area contributed by atoms with Gasteiger partial charge in [0.05, 0.1) is 5.60 Å². The quantitative estimate of drug-likeness (QED) is 0.825. The predicted molar refractivity (Wildman–Crippen MR) is 68.9 cm³/mol. The number of phenolic OH excluding ortho intramolecular Hbond substituents is 1. The summed E-state index contributed by atoms with van der Waals surface area (Å²) in [6.07, 6.45) is 3.82. The van der Waals surface area contributed by atoms with E-state index in [-0.39, 0.29) is 5.75 Å². The SMILES string of the molecule is CC1CCCC(O)(Cc2cccc(O)c2)C1C. The number of rotatable bonds is 2. The third kappa shape index (κ3) is 2.63. The maximum Gasteiger partial charge on any atom is 0.115 e. The van der Waals surface area contributed by atoms with Gasteiger partial charge in [-0.2, -0.15) is 0 Å². The minimum Gasteiger partial charge on any atom is -0.508 e. The topological polar surface area (TPSA) is 40.5 Å². The highest BCUT2D eigenvalue weighted by Gasteiger charge is 2.39. The van der Waals surface area contributed by atoms with Crippen molar-refractivity contribution in [3.05, 3.63) is 29.8 Å². The van der Waals surface area contributed by atoms with Gasteiger partial charge in [0.15, 0.2) is 0 Å². The Morgan fingerprint density at radius 1 is 1.35 bits per heavy atom. The zero-order valence-electron chi connectivity index (χ0n) is 10.7. The molecule has 0 aliphatic heterocycles. The second-order valence-corrected chi connectivity index (χ2v) is 5.61. The van der Waals surface area contributed by atoms with Crippen LogP contribution in [0.2, 0.25) is 0 Å². The lowest BCUT2D eigenvalue weighted by Gasteiger charge is -2.42. The molecule has 1 aliphatic carbocycles. The van der Waals surface area contributed by atoms with Crippen LogP contribution in [-0.2, 0) is 6.42 Å². The van der Waals surface area contributed by atoms with Gasteiger partial charge >= 0.3 is 0 Å². The van der Waals surface area contributed by atoms with Crippen LogP contribution in [0.5, 0.6) is 5.75 Å². The maximum atomic E-state index is 10.8. The lowest BCUT2D eigenvalue weighted by Crippen LogP contribution is -2.44. The summed E-state index contributed by atoms with van der Waals surface area (Å²) in [7, 11) is 0. The summed E-state index contributed by atoms with van der Waals surface area (Å²) in [5.74, 6) is 1.17. The molecule has 3 atom stereocenters. The molecule has 0 bridgehead atoms. The number of hydrogen-bond acceptors (Lipinski definition) is 2. The van der Waals surface area contributed by atoms with Gasteiger partial charge in [-0.3, -0.25) is 0 Å². The van der Waals surface area contributed by atoms with Gasteiger partial charge in [0.2, 0.25) is 0 Å². The molecule has 17 heavy (non-hydrogen) atoms. The molecule has 0 amide bonds. The number of aromatic hydroxyl groups is 1. The first-order chi connectivity index (χ1) is 8.01. The largest absolute Gasteiger partial charge is 0.508 e. The van der Waals surface area contributed by atoms with Crippen LogP contribution in [0.3, 0.4) is 0 Å². The molecule has 1 aromatic rings. The molecule has 2 rings (SSSR count).